The van der Waals surface area contributed by atoms with Gasteiger partial charge in [0.2, 0.25) is 5.91 Å². The molecule has 166 valence electrons. The van der Waals surface area contributed by atoms with E-state index in [1.165, 1.54) is 0 Å². The smallest absolute Gasteiger partial charge is 0.274 e. The molecule has 7 nitrogen and oxygen atoms in total. The van der Waals surface area contributed by atoms with E-state index < -0.39 is 5.41 Å². The highest BCUT2D eigenvalue weighted by Gasteiger charge is 2.45. The normalized spacial score (nSPS) is 18.4. The molecule has 1 aliphatic heterocycles. The zero-order valence-corrected chi connectivity index (χ0v) is 18.9. The minimum Gasteiger partial charge on any atom is -0.348 e. The van der Waals surface area contributed by atoms with Gasteiger partial charge in [-0.2, -0.15) is 5.10 Å². The van der Waals surface area contributed by atoms with Crippen molar-refractivity contribution in [3.05, 3.63) is 72.3 Å². The third kappa shape index (κ3) is 4.28. The number of carbonyl (C=O) groups excluding carboxylic acids is 2. The first-order valence-electron chi connectivity index (χ1n) is 10.9. The Bertz CT molecular complexity index is 1110. The van der Waals surface area contributed by atoms with Gasteiger partial charge in [0.1, 0.15) is 5.69 Å². The third-order valence-corrected chi connectivity index (χ3v) is 6.18. The Hall–Kier alpha value is -3.48. The fourth-order valence-electron chi connectivity index (χ4n) is 4.71. The van der Waals surface area contributed by atoms with Crippen molar-refractivity contribution in [2.24, 2.45) is 12.5 Å². The molecule has 0 bridgehead atoms. The summed E-state index contributed by atoms with van der Waals surface area (Å²) in [5, 5.41) is 4.27. The number of piperidine rings is 1. The second-order valence-electron chi connectivity index (χ2n) is 8.76. The summed E-state index contributed by atoms with van der Waals surface area (Å²) in [5.74, 6) is -0.0706. The van der Waals surface area contributed by atoms with Crippen LogP contribution in [0.2, 0.25) is 0 Å². The Morgan fingerprint density at radius 3 is 2.62 bits per heavy atom. The Morgan fingerprint density at radius 1 is 1.12 bits per heavy atom. The van der Waals surface area contributed by atoms with Crippen LogP contribution in [0.25, 0.3) is 11.1 Å². The average Bonchev–Trinajstić information content (AvgIpc) is 3.25. The lowest BCUT2D eigenvalue weighted by molar-refractivity contribution is -0.142. The molecule has 0 saturated carbocycles. The van der Waals surface area contributed by atoms with Gasteiger partial charge < -0.3 is 9.80 Å². The molecule has 0 radical (unpaired) electrons. The quantitative estimate of drug-likeness (QED) is 0.623. The summed E-state index contributed by atoms with van der Waals surface area (Å²) in [7, 11) is 5.37. The summed E-state index contributed by atoms with van der Waals surface area (Å²) in [4.78, 5) is 34.4. The van der Waals surface area contributed by atoms with Crippen LogP contribution in [0.5, 0.6) is 0 Å². The molecule has 0 aliphatic carbocycles. The molecule has 7 heteroatoms. The number of rotatable bonds is 5. The molecule has 4 rings (SSSR count). The van der Waals surface area contributed by atoms with Gasteiger partial charge in [0, 0.05) is 58.4 Å². The van der Waals surface area contributed by atoms with Crippen molar-refractivity contribution in [2.75, 3.05) is 27.2 Å². The van der Waals surface area contributed by atoms with Crippen molar-refractivity contribution in [2.45, 2.75) is 19.3 Å². The lowest BCUT2D eigenvalue weighted by Crippen LogP contribution is -2.54. The van der Waals surface area contributed by atoms with Crippen LogP contribution in [-0.4, -0.2) is 63.6 Å². The summed E-state index contributed by atoms with van der Waals surface area (Å²) < 4.78 is 1.62. The summed E-state index contributed by atoms with van der Waals surface area (Å²) >= 11 is 0. The highest BCUT2D eigenvalue weighted by molar-refractivity contribution is 5.93. The molecule has 1 fully saturated rings. The van der Waals surface area contributed by atoms with Crippen LogP contribution >= 0.6 is 0 Å². The van der Waals surface area contributed by atoms with Gasteiger partial charge in [-0.3, -0.25) is 19.3 Å². The maximum absolute atomic E-state index is 13.5. The van der Waals surface area contributed by atoms with Crippen LogP contribution in [0.3, 0.4) is 0 Å². The van der Waals surface area contributed by atoms with Gasteiger partial charge in [-0.1, -0.05) is 30.3 Å². The number of amides is 2. The first-order chi connectivity index (χ1) is 15.4. The number of aromatic nitrogens is 3. The molecule has 3 heterocycles. The molecule has 1 aromatic carbocycles. The summed E-state index contributed by atoms with van der Waals surface area (Å²) in [6, 6.07) is 13.8. The van der Waals surface area contributed by atoms with Gasteiger partial charge in [0.05, 0.1) is 5.41 Å². The van der Waals surface area contributed by atoms with Crippen LogP contribution in [-0.2, 0) is 18.3 Å². The number of benzene rings is 1. The fraction of sp³-hybridized carbons (Fsp3) is 0.360. The van der Waals surface area contributed by atoms with E-state index in [0.29, 0.717) is 25.2 Å². The Labute approximate surface area is 188 Å². The standard InChI is InChI=1S/C25H29N5O2/c1-28(2)24(32)25(12-7-14-30(18-25)23(31)22-11-15-29(3)27-22)16-19-8-4-5-10-21(19)20-9-6-13-26-17-20/h4-6,8-11,13,15,17H,7,12,14,16,18H2,1-3H3. The Balaban J connectivity index is 1.69. The highest BCUT2D eigenvalue weighted by atomic mass is 16.2. The van der Waals surface area contributed by atoms with Gasteiger partial charge in [-0.05, 0) is 42.5 Å². The third-order valence-electron chi connectivity index (χ3n) is 6.18. The Morgan fingerprint density at radius 2 is 1.94 bits per heavy atom. The lowest BCUT2D eigenvalue weighted by Gasteiger charge is -2.43. The van der Waals surface area contributed by atoms with Gasteiger partial charge in [-0.25, -0.2) is 0 Å². The van der Waals surface area contributed by atoms with Crippen LogP contribution in [0.4, 0.5) is 0 Å². The number of carbonyl (C=O) groups is 2. The number of hydrogen-bond donors (Lipinski definition) is 0. The minimum atomic E-state index is -0.690. The zero-order chi connectivity index (χ0) is 22.7. The van der Waals surface area contributed by atoms with Crippen LogP contribution in [0.1, 0.15) is 28.9 Å². The van der Waals surface area contributed by atoms with E-state index in [1.807, 2.05) is 30.5 Å². The lowest BCUT2D eigenvalue weighted by atomic mass is 9.73. The maximum Gasteiger partial charge on any atom is 0.274 e. The van der Waals surface area contributed by atoms with Crippen molar-refractivity contribution in [3.63, 3.8) is 0 Å². The van der Waals surface area contributed by atoms with Crippen LogP contribution < -0.4 is 0 Å². The minimum absolute atomic E-state index is 0.0528. The van der Waals surface area contributed by atoms with Crippen molar-refractivity contribution in [3.8, 4) is 11.1 Å². The molecule has 3 aromatic rings. The number of likely N-dealkylation sites (tertiary alicyclic amines) is 1. The summed E-state index contributed by atoms with van der Waals surface area (Å²) in [6.07, 6.45) is 7.42. The molecule has 2 amide bonds. The first kappa shape index (κ1) is 21.7. The van der Waals surface area contributed by atoms with Crippen molar-refractivity contribution in [1.29, 1.82) is 0 Å². The van der Waals surface area contributed by atoms with Gasteiger partial charge in [0.25, 0.3) is 5.91 Å². The van der Waals surface area contributed by atoms with E-state index in [4.69, 9.17) is 0 Å². The molecule has 1 unspecified atom stereocenters. The van der Waals surface area contributed by atoms with Crippen molar-refractivity contribution >= 4 is 11.8 Å². The highest BCUT2D eigenvalue weighted by Crippen LogP contribution is 2.38. The number of hydrogen-bond acceptors (Lipinski definition) is 4. The van der Waals surface area contributed by atoms with Crippen molar-refractivity contribution < 1.29 is 9.59 Å². The van der Waals surface area contributed by atoms with Gasteiger partial charge >= 0.3 is 0 Å². The van der Waals surface area contributed by atoms with Crippen molar-refractivity contribution in [1.82, 2.24) is 24.6 Å². The molecule has 1 atom stereocenters. The first-order valence-corrected chi connectivity index (χ1v) is 10.9. The molecular formula is C25H29N5O2. The molecule has 1 aliphatic rings. The van der Waals surface area contributed by atoms with Crippen LogP contribution in [0, 0.1) is 5.41 Å². The summed E-state index contributed by atoms with van der Waals surface area (Å²) in [5.41, 5.74) is 2.90. The maximum atomic E-state index is 13.5. The van der Waals surface area contributed by atoms with E-state index in [0.717, 1.165) is 29.5 Å². The monoisotopic (exact) mass is 431 g/mol. The zero-order valence-electron chi connectivity index (χ0n) is 18.9. The average molecular weight is 432 g/mol. The molecular weight excluding hydrogens is 402 g/mol. The molecule has 1 saturated heterocycles. The second-order valence-corrected chi connectivity index (χ2v) is 8.76. The number of nitrogens with zero attached hydrogens (tertiary/aromatic N) is 5. The number of aryl methyl sites for hydroxylation is 1. The predicted molar refractivity (Wildman–Crippen MR) is 123 cm³/mol. The molecule has 2 aromatic heterocycles. The topological polar surface area (TPSA) is 71.3 Å². The molecule has 0 N–H and O–H groups in total. The summed E-state index contributed by atoms with van der Waals surface area (Å²) in [6.45, 7) is 1.00. The van der Waals surface area contributed by atoms with E-state index in [9.17, 15) is 9.59 Å². The predicted octanol–water partition coefficient (Wildman–Crippen LogP) is 3.04. The van der Waals surface area contributed by atoms with Gasteiger partial charge in [-0.15, -0.1) is 0 Å². The van der Waals surface area contributed by atoms with E-state index in [2.05, 4.69) is 22.2 Å². The van der Waals surface area contributed by atoms with Crippen LogP contribution in [0.15, 0.2) is 61.1 Å². The SMILES string of the molecule is CN(C)C(=O)C1(Cc2ccccc2-c2cccnc2)CCCN(C(=O)c2ccn(C)n2)C1. The molecule has 0 spiro atoms. The van der Waals surface area contributed by atoms with E-state index in [1.54, 1.807) is 54.1 Å². The largest absolute Gasteiger partial charge is 0.348 e. The van der Waals surface area contributed by atoms with Gasteiger partial charge in [0.15, 0.2) is 0 Å². The van der Waals surface area contributed by atoms with E-state index >= 15 is 0 Å². The van der Waals surface area contributed by atoms with E-state index in [-0.39, 0.29) is 11.8 Å². The second kappa shape index (κ2) is 8.94. The number of pyridine rings is 1. The fourth-order valence-corrected chi connectivity index (χ4v) is 4.71. The molecule has 32 heavy (non-hydrogen) atoms. The Kier molecular flexibility index (Phi) is 6.08.